The number of hydrogen-bond donors (Lipinski definition) is 0. The van der Waals surface area contributed by atoms with Crippen LogP contribution in [-0.2, 0) is 11.2 Å². The molecule has 1 fully saturated rings. The number of benzene rings is 2. The number of carbonyl (C=O) groups excluding carboxylic acids is 2. The molecule has 2 aliphatic heterocycles. The first kappa shape index (κ1) is 19.4. The lowest BCUT2D eigenvalue weighted by molar-refractivity contribution is 0.0348. The fourth-order valence-electron chi connectivity index (χ4n) is 3.92. The van der Waals surface area contributed by atoms with Crippen LogP contribution in [0.15, 0.2) is 52.7 Å². The quantitative estimate of drug-likeness (QED) is 0.787. The minimum Gasteiger partial charge on any atom is -0.381 e. The van der Waals surface area contributed by atoms with E-state index in [1.165, 1.54) is 6.07 Å². The van der Waals surface area contributed by atoms with Crippen molar-refractivity contribution in [3.63, 3.8) is 0 Å². The third-order valence-corrected chi connectivity index (χ3v) is 5.59. The van der Waals surface area contributed by atoms with Crippen molar-refractivity contribution in [2.24, 2.45) is 10.2 Å². The number of piperidine rings is 1. The number of azo groups is 1. The minimum atomic E-state index is -0.534. The molecule has 0 radical (unpaired) electrons. The van der Waals surface area contributed by atoms with Gasteiger partial charge in [-0.3, -0.25) is 9.59 Å². The molecule has 2 amide bonds. The van der Waals surface area contributed by atoms with Crippen LogP contribution in [0.1, 0.15) is 50.7 Å². The molecule has 0 spiro atoms. The highest BCUT2D eigenvalue weighted by atomic mass is 19.1. The summed E-state index contributed by atoms with van der Waals surface area (Å²) >= 11 is 0. The number of nitrogens with zero attached hydrogens (tertiary/aromatic N) is 3. The second-order valence-corrected chi connectivity index (χ2v) is 7.37. The standard InChI is InChI=1S/C22H22FN3O3/c1-29-15-8-10-26(11-9-15)22(28)18-12-14(6-7-19(18)23)13-20-16-4-2-3-5-17(16)21(27)25-24-20/h2-7,12,15,20H,8-11,13H2,1H3. The Morgan fingerprint density at radius 1 is 1.21 bits per heavy atom. The van der Waals surface area contributed by atoms with Gasteiger partial charge < -0.3 is 9.64 Å². The van der Waals surface area contributed by atoms with Crippen LogP contribution >= 0.6 is 0 Å². The smallest absolute Gasteiger partial charge is 0.295 e. The molecule has 7 heteroatoms. The van der Waals surface area contributed by atoms with E-state index in [1.807, 2.05) is 12.1 Å². The van der Waals surface area contributed by atoms with Crippen molar-refractivity contribution in [2.75, 3.05) is 20.2 Å². The van der Waals surface area contributed by atoms with Crippen molar-refractivity contribution in [2.45, 2.75) is 31.4 Å². The van der Waals surface area contributed by atoms with Crippen molar-refractivity contribution in [1.29, 1.82) is 0 Å². The van der Waals surface area contributed by atoms with Gasteiger partial charge in [-0.05, 0) is 42.2 Å². The molecule has 2 aromatic carbocycles. The maximum atomic E-state index is 14.4. The van der Waals surface area contributed by atoms with E-state index in [4.69, 9.17) is 4.74 Å². The Kier molecular flexibility index (Phi) is 5.49. The summed E-state index contributed by atoms with van der Waals surface area (Å²) in [5, 5.41) is 7.86. The Morgan fingerprint density at radius 3 is 2.72 bits per heavy atom. The SMILES string of the molecule is COC1CCN(C(=O)c2cc(CC3N=NC(=O)c4ccccc43)ccc2F)CC1. The predicted molar refractivity (Wildman–Crippen MR) is 104 cm³/mol. The molecule has 2 aliphatic rings. The molecule has 6 nitrogen and oxygen atoms in total. The van der Waals surface area contributed by atoms with Gasteiger partial charge in [0.1, 0.15) is 11.9 Å². The number of methoxy groups -OCH3 is 1. The zero-order valence-corrected chi connectivity index (χ0v) is 16.2. The Balaban J connectivity index is 1.54. The molecular formula is C22H22FN3O3. The molecule has 0 saturated carbocycles. The molecule has 150 valence electrons. The topological polar surface area (TPSA) is 71.3 Å². The third kappa shape index (κ3) is 3.96. The van der Waals surface area contributed by atoms with Gasteiger partial charge in [0.25, 0.3) is 11.8 Å². The molecule has 1 saturated heterocycles. The summed E-state index contributed by atoms with van der Waals surface area (Å²) in [5.41, 5.74) is 2.17. The highest BCUT2D eigenvalue weighted by molar-refractivity contribution is 5.97. The van der Waals surface area contributed by atoms with Crippen LogP contribution in [0.4, 0.5) is 4.39 Å². The van der Waals surface area contributed by atoms with E-state index >= 15 is 0 Å². The number of halogens is 1. The number of ether oxygens (including phenoxy) is 1. The molecule has 1 atom stereocenters. The summed E-state index contributed by atoms with van der Waals surface area (Å²) in [7, 11) is 1.67. The fourth-order valence-corrected chi connectivity index (χ4v) is 3.92. The Hall–Kier alpha value is -2.93. The van der Waals surface area contributed by atoms with Gasteiger partial charge in [-0.15, -0.1) is 5.11 Å². The van der Waals surface area contributed by atoms with E-state index < -0.39 is 5.82 Å². The van der Waals surface area contributed by atoms with Crippen LogP contribution in [0.5, 0.6) is 0 Å². The summed E-state index contributed by atoms with van der Waals surface area (Å²) in [6.07, 6.45) is 2.07. The summed E-state index contributed by atoms with van der Waals surface area (Å²) in [6, 6.07) is 11.4. The van der Waals surface area contributed by atoms with Crippen LogP contribution in [0.3, 0.4) is 0 Å². The molecule has 0 aliphatic carbocycles. The molecule has 0 aromatic heterocycles. The lowest BCUT2D eigenvalue weighted by Crippen LogP contribution is -2.41. The minimum absolute atomic E-state index is 0.0653. The molecule has 1 unspecified atom stereocenters. The fraction of sp³-hybridized carbons (Fsp3) is 0.364. The second kappa shape index (κ2) is 8.21. The Morgan fingerprint density at radius 2 is 1.97 bits per heavy atom. The summed E-state index contributed by atoms with van der Waals surface area (Å²) < 4.78 is 19.8. The number of likely N-dealkylation sites (tertiary alicyclic amines) is 1. The zero-order chi connectivity index (χ0) is 20.4. The number of rotatable bonds is 4. The monoisotopic (exact) mass is 395 g/mol. The Labute approximate surface area is 168 Å². The van der Waals surface area contributed by atoms with E-state index in [0.29, 0.717) is 25.1 Å². The first-order valence-electron chi connectivity index (χ1n) is 9.71. The normalized spacial score (nSPS) is 19.3. The van der Waals surface area contributed by atoms with E-state index in [9.17, 15) is 14.0 Å². The number of hydrogen-bond acceptors (Lipinski definition) is 4. The molecule has 2 heterocycles. The van der Waals surface area contributed by atoms with Crippen LogP contribution in [0, 0.1) is 5.82 Å². The lowest BCUT2D eigenvalue weighted by atomic mass is 9.93. The maximum Gasteiger partial charge on any atom is 0.295 e. The third-order valence-electron chi connectivity index (χ3n) is 5.59. The lowest BCUT2D eigenvalue weighted by Gasteiger charge is -2.31. The van der Waals surface area contributed by atoms with Crippen LogP contribution in [-0.4, -0.2) is 43.0 Å². The molecular weight excluding hydrogens is 373 g/mol. The second-order valence-electron chi connectivity index (χ2n) is 7.37. The predicted octanol–water partition coefficient (Wildman–Crippen LogP) is 3.97. The van der Waals surface area contributed by atoms with Gasteiger partial charge in [0.2, 0.25) is 0 Å². The number of carbonyl (C=O) groups is 2. The summed E-state index contributed by atoms with van der Waals surface area (Å²) in [6.45, 7) is 1.10. The summed E-state index contributed by atoms with van der Waals surface area (Å²) in [4.78, 5) is 26.5. The zero-order valence-electron chi connectivity index (χ0n) is 16.2. The number of fused-ring (bicyclic) bond motifs is 1. The molecule has 0 bridgehead atoms. The van der Waals surface area contributed by atoms with Crippen molar-refractivity contribution in [3.8, 4) is 0 Å². The van der Waals surface area contributed by atoms with Crippen molar-refractivity contribution in [1.82, 2.24) is 4.90 Å². The van der Waals surface area contributed by atoms with Gasteiger partial charge in [-0.1, -0.05) is 24.3 Å². The summed E-state index contributed by atoms with van der Waals surface area (Å²) in [5.74, 6) is -1.19. The van der Waals surface area contributed by atoms with Crippen molar-refractivity contribution < 1.29 is 18.7 Å². The van der Waals surface area contributed by atoms with Gasteiger partial charge in [0, 0.05) is 32.2 Å². The van der Waals surface area contributed by atoms with Crippen LogP contribution < -0.4 is 0 Å². The maximum absolute atomic E-state index is 14.4. The van der Waals surface area contributed by atoms with Crippen molar-refractivity contribution >= 4 is 11.8 Å². The largest absolute Gasteiger partial charge is 0.381 e. The molecule has 2 aromatic rings. The van der Waals surface area contributed by atoms with E-state index in [0.717, 1.165) is 24.0 Å². The van der Waals surface area contributed by atoms with Gasteiger partial charge in [0.05, 0.1) is 11.7 Å². The van der Waals surface area contributed by atoms with Gasteiger partial charge in [-0.2, -0.15) is 5.11 Å². The van der Waals surface area contributed by atoms with Crippen LogP contribution in [0.2, 0.25) is 0 Å². The molecule has 29 heavy (non-hydrogen) atoms. The van der Waals surface area contributed by atoms with Gasteiger partial charge in [0.15, 0.2) is 0 Å². The van der Waals surface area contributed by atoms with E-state index in [1.54, 1.807) is 36.3 Å². The average Bonchev–Trinajstić information content (AvgIpc) is 2.77. The van der Waals surface area contributed by atoms with Gasteiger partial charge in [-0.25, -0.2) is 4.39 Å². The highest BCUT2D eigenvalue weighted by Crippen LogP contribution is 2.31. The van der Waals surface area contributed by atoms with Crippen molar-refractivity contribution in [3.05, 3.63) is 70.5 Å². The van der Waals surface area contributed by atoms with E-state index in [-0.39, 0.29) is 29.5 Å². The average molecular weight is 395 g/mol. The van der Waals surface area contributed by atoms with E-state index in [2.05, 4.69) is 10.2 Å². The number of amides is 2. The highest BCUT2D eigenvalue weighted by Gasteiger charge is 2.27. The molecule has 0 N–H and O–H groups in total. The molecule has 4 rings (SSSR count). The van der Waals surface area contributed by atoms with Gasteiger partial charge >= 0.3 is 0 Å². The first-order chi connectivity index (χ1) is 14.1. The first-order valence-corrected chi connectivity index (χ1v) is 9.71. The Bertz CT molecular complexity index is 968. The van der Waals surface area contributed by atoms with Crippen LogP contribution in [0.25, 0.3) is 0 Å².